The molecule has 20 heavy (non-hydrogen) atoms. The summed E-state index contributed by atoms with van der Waals surface area (Å²) in [7, 11) is 0. The second kappa shape index (κ2) is 5.38. The standard InChI is InChI=1S/C15H9BrClNO2/c16-10-3-1-2-9(6-10)15-18-13-7-11(17)4-5-12(13)14(8-19)20-15/h1-8,14H. The lowest BCUT2D eigenvalue weighted by Crippen LogP contribution is -2.17. The highest BCUT2D eigenvalue weighted by Crippen LogP contribution is 2.35. The zero-order chi connectivity index (χ0) is 14.1. The van der Waals surface area contributed by atoms with E-state index in [-0.39, 0.29) is 0 Å². The number of carbonyl (C=O) groups is 1. The summed E-state index contributed by atoms with van der Waals surface area (Å²) in [6.45, 7) is 0. The molecule has 5 heteroatoms. The lowest BCUT2D eigenvalue weighted by Gasteiger charge is -2.22. The van der Waals surface area contributed by atoms with Gasteiger partial charge in [-0.3, -0.25) is 4.79 Å². The second-order valence-electron chi connectivity index (χ2n) is 4.30. The highest BCUT2D eigenvalue weighted by atomic mass is 79.9. The predicted molar refractivity (Wildman–Crippen MR) is 81.7 cm³/mol. The van der Waals surface area contributed by atoms with E-state index in [1.807, 2.05) is 24.3 Å². The SMILES string of the molecule is O=CC1OC(c2cccc(Br)c2)=Nc2cc(Cl)ccc21. The highest BCUT2D eigenvalue weighted by Gasteiger charge is 2.24. The third-order valence-corrected chi connectivity index (χ3v) is 3.68. The van der Waals surface area contributed by atoms with E-state index in [2.05, 4.69) is 20.9 Å². The number of rotatable bonds is 2. The summed E-state index contributed by atoms with van der Waals surface area (Å²) in [5.41, 5.74) is 2.19. The minimum absolute atomic E-state index is 0.415. The number of aliphatic imine (C=N–C) groups is 1. The number of halogens is 2. The molecule has 1 heterocycles. The smallest absolute Gasteiger partial charge is 0.222 e. The van der Waals surface area contributed by atoms with E-state index in [1.165, 1.54) is 0 Å². The molecular weight excluding hydrogens is 342 g/mol. The fraction of sp³-hybridized carbons (Fsp3) is 0.0667. The van der Waals surface area contributed by atoms with Crippen molar-refractivity contribution < 1.29 is 9.53 Å². The van der Waals surface area contributed by atoms with Crippen molar-refractivity contribution in [3.63, 3.8) is 0 Å². The van der Waals surface area contributed by atoms with Gasteiger partial charge in [-0.15, -0.1) is 0 Å². The monoisotopic (exact) mass is 349 g/mol. The molecule has 2 aromatic rings. The van der Waals surface area contributed by atoms with Crippen molar-refractivity contribution in [3.8, 4) is 0 Å². The van der Waals surface area contributed by atoms with Crippen molar-refractivity contribution in [3.05, 3.63) is 63.1 Å². The number of benzene rings is 2. The summed E-state index contributed by atoms with van der Waals surface area (Å²) in [5, 5.41) is 0.577. The van der Waals surface area contributed by atoms with Gasteiger partial charge in [0.25, 0.3) is 0 Å². The van der Waals surface area contributed by atoms with Crippen LogP contribution in [0.2, 0.25) is 5.02 Å². The van der Waals surface area contributed by atoms with E-state index in [0.717, 1.165) is 21.9 Å². The van der Waals surface area contributed by atoms with Crippen LogP contribution in [0.1, 0.15) is 17.2 Å². The topological polar surface area (TPSA) is 38.7 Å². The van der Waals surface area contributed by atoms with Crippen LogP contribution >= 0.6 is 27.5 Å². The fourth-order valence-corrected chi connectivity index (χ4v) is 2.59. The molecule has 0 aromatic heterocycles. The zero-order valence-electron chi connectivity index (χ0n) is 10.2. The van der Waals surface area contributed by atoms with Gasteiger partial charge in [-0.1, -0.05) is 39.7 Å². The lowest BCUT2D eigenvalue weighted by molar-refractivity contribution is -0.114. The fourth-order valence-electron chi connectivity index (χ4n) is 2.03. The first-order valence-electron chi connectivity index (χ1n) is 5.93. The number of aldehydes is 1. The van der Waals surface area contributed by atoms with Crippen molar-refractivity contribution in [1.29, 1.82) is 0 Å². The summed E-state index contributed by atoms with van der Waals surface area (Å²) >= 11 is 9.38. The van der Waals surface area contributed by atoms with Crippen LogP contribution in [0.15, 0.2) is 51.9 Å². The molecule has 0 aliphatic carbocycles. The third-order valence-electron chi connectivity index (χ3n) is 2.95. The number of ether oxygens (including phenoxy) is 1. The first kappa shape index (κ1) is 13.3. The van der Waals surface area contributed by atoms with Gasteiger partial charge in [0.15, 0.2) is 12.4 Å². The van der Waals surface area contributed by atoms with Gasteiger partial charge in [-0.05, 0) is 30.3 Å². The molecule has 100 valence electrons. The van der Waals surface area contributed by atoms with Crippen LogP contribution in [-0.4, -0.2) is 12.2 Å². The molecule has 3 nitrogen and oxygen atoms in total. The predicted octanol–water partition coefficient (Wildman–Crippen LogP) is 4.45. The number of carbonyl (C=O) groups excluding carboxylic acids is 1. The van der Waals surface area contributed by atoms with Crippen molar-refractivity contribution in [1.82, 2.24) is 0 Å². The molecule has 0 fully saturated rings. The molecule has 1 unspecified atom stereocenters. The Morgan fingerprint density at radius 2 is 2.10 bits per heavy atom. The first-order chi connectivity index (χ1) is 9.67. The van der Waals surface area contributed by atoms with Gasteiger partial charge in [0, 0.05) is 20.6 Å². The van der Waals surface area contributed by atoms with E-state index in [9.17, 15) is 4.79 Å². The Labute approximate surface area is 129 Å². The Balaban J connectivity index is 2.12. The van der Waals surface area contributed by atoms with Crippen LogP contribution in [0.3, 0.4) is 0 Å². The normalized spacial score (nSPS) is 16.9. The summed E-state index contributed by atoms with van der Waals surface area (Å²) in [4.78, 5) is 15.7. The molecular formula is C15H9BrClNO2. The summed E-state index contributed by atoms with van der Waals surface area (Å²) < 4.78 is 6.58. The Bertz CT molecular complexity index is 715. The van der Waals surface area contributed by atoms with Crippen LogP contribution in [0, 0.1) is 0 Å². The van der Waals surface area contributed by atoms with Gasteiger partial charge in [0.05, 0.1) is 5.69 Å². The average molecular weight is 351 g/mol. The summed E-state index contributed by atoms with van der Waals surface area (Å²) in [5.74, 6) is 0.415. The molecule has 1 aliphatic rings. The minimum atomic E-state index is -0.659. The molecule has 2 aromatic carbocycles. The largest absolute Gasteiger partial charge is 0.461 e. The summed E-state index contributed by atoms with van der Waals surface area (Å²) in [6, 6.07) is 12.8. The second-order valence-corrected chi connectivity index (χ2v) is 5.66. The van der Waals surface area contributed by atoms with Crippen LogP contribution in [-0.2, 0) is 9.53 Å². The molecule has 1 atom stereocenters. The van der Waals surface area contributed by atoms with Crippen LogP contribution < -0.4 is 0 Å². The van der Waals surface area contributed by atoms with Gasteiger partial charge in [0.2, 0.25) is 5.90 Å². The van der Waals surface area contributed by atoms with Crippen molar-refractivity contribution >= 4 is 45.4 Å². The van der Waals surface area contributed by atoms with Crippen molar-refractivity contribution in [2.75, 3.05) is 0 Å². The number of hydrogen-bond acceptors (Lipinski definition) is 3. The number of hydrogen-bond donors (Lipinski definition) is 0. The minimum Gasteiger partial charge on any atom is -0.461 e. The lowest BCUT2D eigenvalue weighted by atomic mass is 10.1. The van der Waals surface area contributed by atoms with Crippen molar-refractivity contribution in [2.45, 2.75) is 6.10 Å². The Hall–Kier alpha value is -1.65. The quantitative estimate of drug-likeness (QED) is 0.751. The van der Waals surface area contributed by atoms with E-state index in [1.54, 1.807) is 18.2 Å². The Morgan fingerprint density at radius 1 is 1.25 bits per heavy atom. The average Bonchev–Trinajstić information content (AvgIpc) is 2.45. The van der Waals surface area contributed by atoms with Crippen LogP contribution in [0.4, 0.5) is 5.69 Å². The van der Waals surface area contributed by atoms with E-state index >= 15 is 0 Å². The van der Waals surface area contributed by atoms with E-state index < -0.39 is 6.10 Å². The molecule has 0 radical (unpaired) electrons. The summed E-state index contributed by atoms with van der Waals surface area (Å²) in [6.07, 6.45) is 0.105. The molecule has 0 bridgehead atoms. The maximum atomic E-state index is 11.2. The third kappa shape index (κ3) is 2.49. The maximum Gasteiger partial charge on any atom is 0.222 e. The van der Waals surface area contributed by atoms with Gasteiger partial charge >= 0.3 is 0 Å². The molecule has 0 saturated carbocycles. The maximum absolute atomic E-state index is 11.2. The molecule has 0 saturated heterocycles. The zero-order valence-corrected chi connectivity index (χ0v) is 12.6. The number of nitrogens with zero attached hydrogens (tertiary/aromatic N) is 1. The van der Waals surface area contributed by atoms with Crippen LogP contribution in [0.5, 0.6) is 0 Å². The van der Waals surface area contributed by atoms with Crippen LogP contribution in [0.25, 0.3) is 0 Å². The van der Waals surface area contributed by atoms with Gasteiger partial charge in [0.1, 0.15) is 0 Å². The van der Waals surface area contributed by atoms with Crippen molar-refractivity contribution in [2.24, 2.45) is 4.99 Å². The molecule has 0 N–H and O–H groups in total. The highest BCUT2D eigenvalue weighted by molar-refractivity contribution is 9.10. The first-order valence-corrected chi connectivity index (χ1v) is 7.10. The van der Waals surface area contributed by atoms with E-state index in [0.29, 0.717) is 16.6 Å². The molecule has 0 amide bonds. The Morgan fingerprint density at radius 3 is 2.85 bits per heavy atom. The van der Waals surface area contributed by atoms with Gasteiger partial charge in [-0.25, -0.2) is 4.99 Å². The van der Waals surface area contributed by atoms with Gasteiger partial charge < -0.3 is 4.74 Å². The molecule has 1 aliphatic heterocycles. The Kier molecular flexibility index (Phi) is 3.59. The molecule has 0 spiro atoms. The van der Waals surface area contributed by atoms with Gasteiger partial charge in [-0.2, -0.15) is 0 Å². The molecule has 3 rings (SSSR count). The van der Waals surface area contributed by atoms with E-state index in [4.69, 9.17) is 16.3 Å². The number of fused-ring (bicyclic) bond motifs is 1.